The number of non-ortho nitro benzene ring substituents is 1. The van der Waals surface area contributed by atoms with Gasteiger partial charge in [-0.3, -0.25) is 14.9 Å². The molecule has 0 bridgehead atoms. The summed E-state index contributed by atoms with van der Waals surface area (Å²) in [5.41, 5.74) is 3.64. The zero-order valence-electron chi connectivity index (χ0n) is 15.6. The minimum atomic E-state index is -0.485. The van der Waals surface area contributed by atoms with Gasteiger partial charge in [-0.15, -0.1) is 0 Å². The number of rotatable bonds is 6. The number of benzene rings is 2. The first kappa shape index (κ1) is 18.7. The Morgan fingerprint density at radius 3 is 2.56 bits per heavy atom. The molecule has 1 heterocycles. The van der Waals surface area contributed by atoms with Crippen LogP contribution in [-0.2, 0) is 4.79 Å². The van der Waals surface area contributed by atoms with Crippen molar-refractivity contribution in [2.45, 2.75) is 32.7 Å². The first-order valence-corrected chi connectivity index (χ1v) is 9.11. The van der Waals surface area contributed by atoms with Crippen LogP contribution in [0.2, 0.25) is 0 Å². The van der Waals surface area contributed by atoms with Crippen molar-refractivity contribution in [3.63, 3.8) is 0 Å². The Morgan fingerprint density at radius 1 is 1.15 bits per heavy atom. The Morgan fingerprint density at radius 2 is 1.89 bits per heavy atom. The maximum absolute atomic E-state index is 12.4. The normalized spacial score (nSPS) is 14.7. The van der Waals surface area contributed by atoms with Gasteiger partial charge in [0.05, 0.1) is 4.92 Å². The highest BCUT2D eigenvalue weighted by molar-refractivity contribution is 5.96. The van der Waals surface area contributed by atoms with Crippen molar-refractivity contribution in [2.24, 2.45) is 0 Å². The van der Waals surface area contributed by atoms with Crippen molar-refractivity contribution in [3.05, 3.63) is 58.1 Å². The molecule has 27 heavy (non-hydrogen) atoms. The molecule has 1 amide bonds. The number of nitro groups is 1. The maximum atomic E-state index is 12.4. The van der Waals surface area contributed by atoms with E-state index >= 15 is 0 Å². The summed E-state index contributed by atoms with van der Waals surface area (Å²) < 4.78 is 0. The summed E-state index contributed by atoms with van der Waals surface area (Å²) in [6.07, 6.45) is 2.46. The third-order valence-electron chi connectivity index (χ3n) is 4.74. The maximum Gasteiger partial charge on any atom is 0.271 e. The zero-order chi connectivity index (χ0) is 19.4. The molecule has 2 aromatic rings. The van der Waals surface area contributed by atoms with Crippen molar-refractivity contribution in [1.82, 2.24) is 0 Å². The second-order valence-electron chi connectivity index (χ2n) is 6.86. The third kappa shape index (κ3) is 4.55. The van der Waals surface area contributed by atoms with Gasteiger partial charge in [-0.25, -0.2) is 0 Å². The van der Waals surface area contributed by atoms with Crippen molar-refractivity contribution in [3.8, 4) is 0 Å². The number of carbonyl (C=O) groups is 1. The molecule has 0 spiro atoms. The standard InChI is InChI=1S/C20H24N4O3/c1-14-12-17(8-9-19(14)23-10-3-4-11-23)21-15(2)20(25)22-16-6-5-7-18(13-16)24(26)27/h5-9,12-13,15,21H,3-4,10-11H2,1-2H3,(H,22,25)/t15-/m0/s1. The van der Waals surface area contributed by atoms with Gasteiger partial charge >= 0.3 is 0 Å². The number of hydrogen-bond donors (Lipinski definition) is 2. The van der Waals surface area contributed by atoms with Crippen LogP contribution in [0.4, 0.5) is 22.7 Å². The average Bonchev–Trinajstić information content (AvgIpc) is 3.16. The lowest BCUT2D eigenvalue weighted by atomic mass is 10.1. The van der Waals surface area contributed by atoms with Crippen LogP contribution in [0, 0.1) is 17.0 Å². The number of nitrogens with zero attached hydrogens (tertiary/aromatic N) is 2. The van der Waals surface area contributed by atoms with E-state index in [4.69, 9.17) is 0 Å². The number of aryl methyl sites for hydroxylation is 1. The number of anilines is 3. The Labute approximate surface area is 158 Å². The van der Waals surface area contributed by atoms with E-state index < -0.39 is 11.0 Å². The summed E-state index contributed by atoms with van der Waals surface area (Å²) in [7, 11) is 0. The number of amides is 1. The van der Waals surface area contributed by atoms with E-state index in [0.717, 1.165) is 18.8 Å². The highest BCUT2D eigenvalue weighted by atomic mass is 16.6. The summed E-state index contributed by atoms with van der Waals surface area (Å²) in [5, 5.41) is 16.8. The van der Waals surface area contributed by atoms with Gasteiger partial charge in [0.25, 0.3) is 5.69 Å². The van der Waals surface area contributed by atoms with Crippen molar-refractivity contribution in [2.75, 3.05) is 28.6 Å². The van der Waals surface area contributed by atoms with Gasteiger partial charge < -0.3 is 15.5 Å². The van der Waals surface area contributed by atoms with Gasteiger partial charge in [0.15, 0.2) is 0 Å². The van der Waals surface area contributed by atoms with Crippen LogP contribution in [0.25, 0.3) is 0 Å². The highest BCUT2D eigenvalue weighted by Gasteiger charge is 2.17. The molecule has 1 atom stereocenters. The Kier molecular flexibility index (Phi) is 5.59. The molecule has 0 aromatic heterocycles. The van der Waals surface area contributed by atoms with E-state index in [9.17, 15) is 14.9 Å². The van der Waals surface area contributed by atoms with Crippen LogP contribution >= 0.6 is 0 Å². The van der Waals surface area contributed by atoms with Gasteiger partial charge in [0, 0.05) is 42.3 Å². The molecule has 1 aliphatic heterocycles. The number of carbonyl (C=O) groups excluding carboxylic acids is 1. The third-order valence-corrected chi connectivity index (χ3v) is 4.74. The lowest BCUT2D eigenvalue weighted by Gasteiger charge is -2.22. The summed E-state index contributed by atoms with van der Waals surface area (Å²) in [4.78, 5) is 25.2. The van der Waals surface area contributed by atoms with Crippen molar-refractivity contribution in [1.29, 1.82) is 0 Å². The predicted molar refractivity (Wildman–Crippen MR) is 107 cm³/mol. The molecule has 1 aliphatic rings. The molecule has 0 saturated carbocycles. The van der Waals surface area contributed by atoms with E-state index in [-0.39, 0.29) is 11.6 Å². The van der Waals surface area contributed by atoms with Crippen LogP contribution in [0.1, 0.15) is 25.3 Å². The summed E-state index contributed by atoms with van der Waals surface area (Å²) >= 11 is 0. The molecular formula is C20H24N4O3. The second-order valence-corrected chi connectivity index (χ2v) is 6.86. The summed E-state index contributed by atoms with van der Waals surface area (Å²) in [5.74, 6) is -0.253. The van der Waals surface area contributed by atoms with E-state index in [1.807, 2.05) is 12.1 Å². The SMILES string of the molecule is Cc1cc(N[C@@H](C)C(=O)Nc2cccc([N+](=O)[O-])c2)ccc1N1CCCC1. The predicted octanol–water partition coefficient (Wildman–Crippen LogP) is 3.94. The fraction of sp³-hybridized carbons (Fsp3) is 0.350. The first-order valence-electron chi connectivity index (χ1n) is 9.11. The van der Waals surface area contributed by atoms with Gasteiger partial charge in [-0.1, -0.05) is 6.07 Å². The fourth-order valence-corrected chi connectivity index (χ4v) is 3.32. The molecule has 0 radical (unpaired) electrons. The minimum absolute atomic E-state index is 0.0541. The Bertz CT molecular complexity index is 847. The van der Waals surface area contributed by atoms with Crippen molar-refractivity contribution < 1.29 is 9.72 Å². The monoisotopic (exact) mass is 368 g/mol. The quantitative estimate of drug-likeness (QED) is 0.596. The second kappa shape index (κ2) is 8.07. The average molecular weight is 368 g/mol. The van der Waals surface area contributed by atoms with Crippen LogP contribution in [0.3, 0.4) is 0 Å². The summed E-state index contributed by atoms with van der Waals surface area (Å²) in [6.45, 7) is 6.02. The number of nitrogens with one attached hydrogen (secondary N) is 2. The summed E-state index contributed by atoms with van der Waals surface area (Å²) in [6, 6.07) is 11.6. The van der Waals surface area contributed by atoms with Crippen LogP contribution in [0.15, 0.2) is 42.5 Å². The van der Waals surface area contributed by atoms with Gasteiger partial charge in [0.1, 0.15) is 6.04 Å². The molecule has 142 valence electrons. The first-order chi connectivity index (χ1) is 12.9. The van der Waals surface area contributed by atoms with Gasteiger partial charge in [0.2, 0.25) is 5.91 Å². The van der Waals surface area contributed by atoms with E-state index in [1.165, 1.54) is 36.2 Å². The van der Waals surface area contributed by atoms with E-state index in [1.54, 1.807) is 19.1 Å². The van der Waals surface area contributed by atoms with Crippen LogP contribution < -0.4 is 15.5 Å². The van der Waals surface area contributed by atoms with Crippen LogP contribution in [0.5, 0.6) is 0 Å². The lowest BCUT2D eigenvalue weighted by molar-refractivity contribution is -0.384. The molecule has 1 fully saturated rings. The molecule has 1 saturated heterocycles. The van der Waals surface area contributed by atoms with Gasteiger partial charge in [-0.2, -0.15) is 0 Å². The van der Waals surface area contributed by atoms with Crippen LogP contribution in [-0.4, -0.2) is 30.0 Å². The molecule has 3 rings (SSSR count). The molecule has 0 aliphatic carbocycles. The molecule has 2 aromatic carbocycles. The number of hydrogen-bond acceptors (Lipinski definition) is 5. The van der Waals surface area contributed by atoms with E-state index in [2.05, 4.69) is 28.5 Å². The minimum Gasteiger partial charge on any atom is -0.374 e. The molecular weight excluding hydrogens is 344 g/mol. The number of nitro benzene ring substituents is 1. The molecule has 0 unspecified atom stereocenters. The topological polar surface area (TPSA) is 87.5 Å². The Hall–Kier alpha value is -3.09. The lowest BCUT2D eigenvalue weighted by Crippen LogP contribution is -2.32. The zero-order valence-corrected chi connectivity index (χ0v) is 15.6. The molecule has 7 heteroatoms. The Balaban J connectivity index is 1.63. The highest BCUT2D eigenvalue weighted by Crippen LogP contribution is 2.27. The molecule has 2 N–H and O–H groups in total. The van der Waals surface area contributed by atoms with E-state index in [0.29, 0.717) is 5.69 Å². The van der Waals surface area contributed by atoms with Gasteiger partial charge in [-0.05, 0) is 56.5 Å². The fourth-order valence-electron chi connectivity index (χ4n) is 3.32. The van der Waals surface area contributed by atoms with Crippen molar-refractivity contribution >= 4 is 28.7 Å². The molecule has 7 nitrogen and oxygen atoms in total. The smallest absolute Gasteiger partial charge is 0.271 e. The largest absolute Gasteiger partial charge is 0.374 e.